The Labute approximate surface area is 90.8 Å². The zero-order chi connectivity index (χ0) is 11.1. The Bertz CT molecular complexity index is 375. The van der Waals surface area contributed by atoms with Crippen LogP contribution in [0.4, 0.5) is 5.69 Å². The predicted molar refractivity (Wildman–Crippen MR) is 66.3 cm³/mol. The van der Waals surface area contributed by atoms with E-state index >= 15 is 0 Å². The van der Waals surface area contributed by atoms with Crippen molar-refractivity contribution < 1.29 is 0 Å². The second-order valence-corrected chi connectivity index (χ2v) is 3.14. The summed E-state index contributed by atoms with van der Waals surface area (Å²) in [5.41, 5.74) is 8.05. The van der Waals surface area contributed by atoms with E-state index in [-0.39, 0.29) is 0 Å². The summed E-state index contributed by atoms with van der Waals surface area (Å²) in [7, 11) is 0. The lowest BCUT2D eigenvalue weighted by Crippen LogP contribution is -1.97. The van der Waals surface area contributed by atoms with Gasteiger partial charge in [-0.25, -0.2) is 0 Å². The molecule has 0 saturated heterocycles. The number of hydrogen-bond donors (Lipinski definition) is 2. The van der Waals surface area contributed by atoms with Crippen LogP contribution in [0.15, 0.2) is 66.5 Å². The van der Waals surface area contributed by atoms with E-state index in [0.29, 0.717) is 5.70 Å². The number of nitrogens with two attached hydrogens (primary N) is 1. The highest BCUT2D eigenvalue weighted by Crippen LogP contribution is 2.09. The van der Waals surface area contributed by atoms with Crippen LogP contribution in [0.25, 0.3) is 0 Å². The Hall–Kier alpha value is -1.96. The van der Waals surface area contributed by atoms with Gasteiger partial charge in [0.25, 0.3) is 0 Å². The van der Waals surface area contributed by atoms with Crippen molar-refractivity contribution in [1.29, 1.82) is 0 Å². The van der Waals surface area contributed by atoms with E-state index in [2.05, 4.69) is 11.9 Å². The van der Waals surface area contributed by atoms with Crippen molar-refractivity contribution in [1.82, 2.24) is 0 Å². The Morgan fingerprint density at radius 3 is 2.47 bits per heavy atom. The van der Waals surface area contributed by atoms with E-state index in [1.807, 2.05) is 49.4 Å². The smallest absolute Gasteiger partial charge is 0.0384 e. The first kappa shape index (κ1) is 11.1. The van der Waals surface area contributed by atoms with Gasteiger partial charge in [-0.2, -0.15) is 0 Å². The largest absolute Gasteiger partial charge is 0.399 e. The average molecular weight is 200 g/mol. The molecule has 0 aromatic heterocycles. The van der Waals surface area contributed by atoms with Crippen molar-refractivity contribution >= 4 is 5.69 Å². The molecule has 0 atom stereocenters. The molecule has 15 heavy (non-hydrogen) atoms. The quantitative estimate of drug-likeness (QED) is 0.733. The standard InChI is InChI=1S/C13H16N2/c1-3-12(10-9-11(2)14)15-13-7-5-4-6-8-13/h3-10,15H,2,14H2,1H3/b10-9-,12-3+. The molecule has 2 heteroatoms. The van der Waals surface area contributed by atoms with Crippen LogP contribution in [0.1, 0.15) is 6.92 Å². The zero-order valence-corrected chi connectivity index (χ0v) is 8.90. The lowest BCUT2D eigenvalue weighted by atomic mass is 10.3. The summed E-state index contributed by atoms with van der Waals surface area (Å²) in [6, 6.07) is 9.98. The second-order valence-electron chi connectivity index (χ2n) is 3.14. The normalized spacial score (nSPS) is 11.7. The molecule has 78 valence electrons. The molecule has 0 fully saturated rings. The Morgan fingerprint density at radius 2 is 1.93 bits per heavy atom. The fourth-order valence-electron chi connectivity index (χ4n) is 1.10. The number of anilines is 1. The Kier molecular flexibility index (Phi) is 4.23. The molecule has 0 saturated carbocycles. The maximum Gasteiger partial charge on any atom is 0.0384 e. The van der Waals surface area contributed by atoms with Crippen molar-refractivity contribution in [3.8, 4) is 0 Å². The molecule has 0 aliphatic heterocycles. The van der Waals surface area contributed by atoms with Gasteiger partial charge in [-0.1, -0.05) is 30.9 Å². The van der Waals surface area contributed by atoms with Gasteiger partial charge in [0.05, 0.1) is 0 Å². The number of hydrogen-bond acceptors (Lipinski definition) is 2. The molecule has 1 aromatic rings. The molecule has 3 N–H and O–H groups in total. The van der Waals surface area contributed by atoms with Gasteiger partial charge in [-0.3, -0.25) is 0 Å². The highest BCUT2D eigenvalue weighted by molar-refractivity contribution is 5.50. The van der Waals surface area contributed by atoms with Crippen LogP contribution in [-0.4, -0.2) is 0 Å². The molecule has 0 aliphatic carbocycles. The molecule has 0 unspecified atom stereocenters. The van der Waals surface area contributed by atoms with Crippen molar-refractivity contribution in [3.63, 3.8) is 0 Å². The van der Waals surface area contributed by atoms with Gasteiger partial charge in [0.15, 0.2) is 0 Å². The molecule has 0 aliphatic rings. The number of rotatable bonds is 4. The topological polar surface area (TPSA) is 38.0 Å². The number of benzene rings is 1. The Morgan fingerprint density at radius 1 is 1.27 bits per heavy atom. The molecule has 1 aromatic carbocycles. The predicted octanol–water partition coefficient (Wildman–Crippen LogP) is 3.03. The fraction of sp³-hybridized carbons (Fsp3) is 0.0769. The van der Waals surface area contributed by atoms with E-state index in [1.165, 1.54) is 0 Å². The molecule has 0 radical (unpaired) electrons. The van der Waals surface area contributed by atoms with E-state index in [0.717, 1.165) is 11.4 Å². The van der Waals surface area contributed by atoms with Gasteiger partial charge in [0.1, 0.15) is 0 Å². The summed E-state index contributed by atoms with van der Waals surface area (Å²) < 4.78 is 0. The van der Waals surface area contributed by atoms with Crippen LogP contribution in [0.3, 0.4) is 0 Å². The van der Waals surface area contributed by atoms with Crippen LogP contribution in [0, 0.1) is 0 Å². The summed E-state index contributed by atoms with van der Waals surface area (Å²) in [5.74, 6) is 0. The van der Waals surface area contributed by atoms with Crippen molar-refractivity contribution in [3.05, 3.63) is 66.5 Å². The summed E-state index contributed by atoms with van der Waals surface area (Å²) in [4.78, 5) is 0. The van der Waals surface area contributed by atoms with Crippen molar-refractivity contribution in [2.45, 2.75) is 6.92 Å². The van der Waals surface area contributed by atoms with Gasteiger partial charge in [-0.15, -0.1) is 0 Å². The first-order valence-corrected chi connectivity index (χ1v) is 4.83. The molecular weight excluding hydrogens is 184 g/mol. The van der Waals surface area contributed by atoms with Gasteiger partial charge in [0, 0.05) is 17.1 Å². The second kappa shape index (κ2) is 5.70. The van der Waals surface area contributed by atoms with Crippen molar-refractivity contribution in [2.24, 2.45) is 5.73 Å². The van der Waals surface area contributed by atoms with Crippen LogP contribution in [0.5, 0.6) is 0 Å². The fourth-order valence-corrected chi connectivity index (χ4v) is 1.10. The summed E-state index contributed by atoms with van der Waals surface area (Å²) >= 11 is 0. The third-order valence-corrected chi connectivity index (χ3v) is 1.85. The van der Waals surface area contributed by atoms with Gasteiger partial charge in [-0.05, 0) is 31.2 Å². The molecule has 0 bridgehead atoms. The third kappa shape index (κ3) is 4.18. The minimum absolute atomic E-state index is 0.546. The van der Waals surface area contributed by atoms with Gasteiger partial charge < -0.3 is 11.1 Å². The van der Waals surface area contributed by atoms with E-state index in [1.54, 1.807) is 6.08 Å². The van der Waals surface area contributed by atoms with Gasteiger partial charge >= 0.3 is 0 Å². The van der Waals surface area contributed by atoms with Crippen LogP contribution < -0.4 is 11.1 Å². The SMILES string of the molecule is C=C(N)/C=C\C(=C/C)Nc1ccccc1. The zero-order valence-electron chi connectivity index (χ0n) is 8.90. The number of nitrogens with one attached hydrogen (secondary N) is 1. The van der Waals surface area contributed by atoms with E-state index in [9.17, 15) is 0 Å². The summed E-state index contributed by atoms with van der Waals surface area (Å²) in [5, 5.41) is 3.26. The van der Waals surface area contributed by atoms with Crippen LogP contribution in [0.2, 0.25) is 0 Å². The molecular formula is C13H16N2. The first-order chi connectivity index (χ1) is 7.22. The maximum atomic E-state index is 5.45. The number of para-hydroxylation sites is 1. The molecule has 0 amide bonds. The van der Waals surface area contributed by atoms with Crippen LogP contribution in [-0.2, 0) is 0 Å². The molecule has 2 nitrogen and oxygen atoms in total. The lowest BCUT2D eigenvalue weighted by Gasteiger charge is -2.06. The Balaban J connectivity index is 2.68. The lowest BCUT2D eigenvalue weighted by molar-refractivity contribution is 1.40. The maximum absolute atomic E-state index is 5.45. The molecule has 1 rings (SSSR count). The first-order valence-electron chi connectivity index (χ1n) is 4.83. The van der Waals surface area contributed by atoms with Crippen molar-refractivity contribution in [2.75, 3.05) is 5.32 Å². The minimum Gasteiger partial charge on any atom is -0.399 e. The van der Waals surface area contributed by atoms with E-state index in [4.69, 9.17) is 5.73 Å². The highest BCUT2D eigenvalue weighted by atomic mass is 14.9. The molecule has 0 heterocycles. The van der Waals surface area contributed by atoms with Crippen LogP contribution >= 0.6 is 0 Å². The van der Waals surface area contributed by atoms with Gasteiger partial charge in [0.2, 0.25) is 0 Å². The summed E-state index contributed by atoms with van der Waals surface area (Å²) in [6.45, 7) is 5.57. The average Bonchev–Trinajstić information content (AvgIpc) is 2.25. The highest BCUT2D eigenvalue weighted by Gasteiger charge is 1.91. The third-order valence-electron chi connectivity index (χ3n) is 1.85. The summed E-state index contributed by atoms with van der Waals surface area (Å²) in [6.07, 6.45) is 5.65. The van der Waals surface area contributed by atoms with E-state index < -0.39 is 0 Å². The monoisotopic (exact) mass is 200 g/mol. The number of allylic oxidation sites excluding steroid dienone is 3. The molecule has 0 spiro atoms. The minimum atomic E-state index is 0.546.